The summed E-state index contributed by atoms with van der Waals surface area (Å²) < 4.78 is 11.2. The molecule has 2 aromatic carbocycles. The summed E-state index contributed by atoms with van der Waals surface area (Å²) in [6, 6.07) is 13.5. The second-order valence-electron chi connectivity index (χ2n) is 5.84. The summed E-state index contributed by atoms with van der Waals surface area (Å²) in [6.07, 6.45) is 1.81. The Labute approximate surface area is 160 Å². The molecule has 2 rings (SSSR count). The zero-order chi connectivity index (χ0) is 18.8. The first-order chi connectivity index (χ1) is 12.6. The van der Waals surface area contributed by atoms with Crippen molar-refractivity contribution in [2.75, 3.05) is 19.8 Å². The zero-order valence-corrected chi connectivity index (χ0v) is 16.1. The fourth-order valence-corrected chi connectivity index (χ4v) is 2.87. The lowest BCUT2D eigenvalue weighted by atomic mass is 10.1. The van der Waals surface area contributed by atoms with E-state index in [1.54, 1.807) is 0 Å². The number of carbonyl (C=O) groups excluding carboxylic acids is 1. The summed E-state index contributed by atoms with van der Waals surface area (Å²) in [6.45, 7) is 5.66. The van der Waals surface area contributed by atoms with Gasteiger partial charge in [-0.3, -0.25) is 4.79 Å². The maximum absolute atomic E-state index is 12.0. The van der Waals surface area contributed by atoms with Crippen LogP contribution >= 0.6 is 11.6 Å². The number of hydrogen-bond donors (Lipinski definition) is 1. The van der Waals surface area contributed by atoms with Crippen molar-refractivity contribution in [2.45, 2.75) is 33.1 Å². The summed E-state index contributed by atoms with van der Waals surface area (Å²) in [5.41, 5.74) is 2.10. The second-order valence-corrected chi connectivity index (χ2v) is 6.25. The molecule has 0 aromatic heterocycles. The minimum atomic E-state index is 0.0286. The van der Waals surface area contributed by atoms with Crippen molar-refractivity contribution in [1.82, 2.24) is 5.32 Å². The van der Waals surface area contributed by atoms with Gasteiger partial charge in [0.25, 0.3) is 0 Å². The first-order valence-corrected chi connectivity index (χ1v) is 9.40. The van der Waals surface area contributed by atoms with Gasteiger partial charge >= 0.3 is 0 Å². The van der Waals surface area contributed by atoms with Crippen LogP contribution < -0.4 is 14.8 Å². The van der Waals surface area contributed by atoms with Crippen LogP contribution in [0.3, 0.4) is 0 Å². The number of benzene rings is 2. The Hall–Kier alpha value is -2.20. The number of aryl methyl sites for hydroxylation is 1. The van der Waals surface area contributed by atoms with Crippen LogP contribution in [0.2, 0.25) is 5.02 Å². The maximum Gasteiger partial charge on any atom is 0.220 e. The smallest absolute Gasteiger partial charge is 0.220 e. The van der Waals surface area contributed by atoms with E-state index in [0.29, 0.717) is 37.6 Å². The minimum absolute atomic E-state index is 0.0286. The molecule has 1 amide bonds. The number of nitrogens with one attached hydrogen (secondary N) is 1. The third-order valence-corrected chi connectivity index (χ3v) is 4.29. The minimum Gasteiger partial charge on any atom is -0.490 e. The van der Waals surface area contributed by atoms with Crippen molar-refractivity contribution >= 4 is 17.5 Å². The Balaban J connectivity index is 1.80. The summed E-state index contributed by atoms with van der Waals surface area (Å²) >= 11 is 6.11. The van der Waals surface area contributed by atoms with Crippen molar-refractivity contribution in [2.24, 2.45) is 0 Å². The second kappa shape index (κ2) is 10.7. The first kappa shape index (κ1) is 20.1. The molecule has 0 bridgehead atoms. The molecule has 140 valence electrons. The molecule has 0 radical (unpaired) electrons. The first-order valence-electron chi connectivity index (χ1n) is 9.02. The lowest BCUT2D eigenvalue weighted by Gasteiger charge is -2.12. The molecule has 0 fully saturated rings. The fraction of sp³-hybridized carbons (Fsp3) is 0.381. The van der Waals surface area contributed by atoms with Gasteiger partial charge in [0.2, 0.25) is 5.91 Å². The predicted octanol–water partition coefficient (Wildman–Crippen LogP) is 4.43. The topological polar surface area (TPSA) is 47.6 Å². The highest BCUT2D eigenvalue weighted by Gasteiger charge is 2.08. The molecule has 0 saturated carbocycles. The van der Waals surface area contributed by atoms with Gasteiger partial charge in [0.05, 0.1) is 13.2 Å². The van der Waals surface area contributed by atoms with Crippen LogP contribution in [0.15, 0.2) is 42.5 Å². The number of rotatable bonds is 10. The summed E-state index contributed by atoms with van der Waals surface area (Å²) in [7, 11) is 0. The average molecular weight is 376 g/mol. The van der Waals surface area contributed by atoms with Crippen LogP contribution in [0.4, 0.5) is 0 Å². The molecule has 1 N–H and O–H groups in total. The molecule has 0 spiro atoms. The molecule has 4 nitrogen and oxygen atoms in total. The van der Waals surface area contributed by atoms with Crippen LogP contribution in [0.5, 0.6) is 11.5 Å². The number of hydrogen-bond acceptors (Lipinski definition) is 3. The van der Waals surface area contributed by atoms with Crippen molar-refractivity contribution < 1.29 is 14.3 Å². The van der Waals surface area contributed by atoms with Crippen LogP contribution in [0.1, 0.15) is 31.4 Å². The van der Waals surface area contributed by atoms with E-state index in [2.05, 4.69) is 5.32 Å². The van der Waals surface area contributed by atoms with Gasteiger partial charge in [-0.05, 0) is 56.0 Å². The molecule has 0 aliphatic rings. The fourth-order valence-electron chi connectivity index (χ4n) is 2.64. The van der Waals surface area contributed by atoms with Gasteiger partial charge in [0.15, 0.2) is 11.5 Å². The van der Waals surface area contributed by atoms with Gasteiger partial charge in [-0.1, -0.05) is 35.9 Å². The third kappa shape index (κ3) is 6.26. The van der Waals surface area contributed by atoms with Crippen molar-refractivity contribution in [1.29, 1.82) is 0 Å². The predicted molar refractivity (Wildman–Crippen MR) is 105 cm³/mol. The van der Waals surface area contributed by atoms with Crippen molar-refractivity contribution in [3.8, 4) is 11.5 Å². The van der Waals surface area contributed by atoms with E-state index in [4.69, 9.17) is 21.1 Å². The van der Waals surface area contributed by atoms with Crippen molar-refractivity contribution in [3.05, 3.63) is 58.6 Å². The van der Waals surface area contributed by atoms with Crippen molar-refractivity contribution in [3.63, 3.8) is 0 Å². The summed E-state index contributed by atoms with van der Waals surface area (Å²) in [5.74, 6) is 1.53. The summed E-state index contributed by atoms with van der Waals surface area (Å²) in [5, 5.41) is 3.66. The van der Waals surface area contributed by atoms with E-state index >= 15 is 0 Å². The van der Waals surface area contributed by atoms with Gasteiger partial charge in [0.1, 0.15) is 0 Å². The highest BCUT2D eigenvalue weighted by atomic mass is 35.5. The molecule has 0 saturated heterocycles. The zero-order valence-electron chi connectivity index (χ0n) is 15.4. The molecular formula is C21H26ClNO3. The molecule has 0 aliphatic heterocycles. The monoisotopic (exact) mass is 375 g/mol. The van der Waals surface area contributed by atoms with Gasteiger partial charge in [-0.15, -0.1) is 0 Å². The molecule has 0 atom stereocenters. The van der Waals surface area contributed by atoms with Gasteiger partial charge in [-0.25, -0.2) is 0 Å². The van der Waals surface area contributed by atoms with E-state index in [1.165, 1.54) is 0 Å². The maximum atomic E-state index is 12.0. The molecule has 0 unspecified atom stereocenters. The van der Waals surface area contributed by atoms with Crippen LogP contribution in [-0.4, -0.2) is 25.7 Å². The highest BCUT2D eigenvalue weighted by molar-refractivity contribution is 6.31. The van der Waals surface area contributed by atoms with Gasteiger partial charge in [0, 0.05) is 18.0 Å². The lowest BCUT2D eigenvalue weighted by molar-refractivity contribution is -0.121. The lowest BCUT2D eigenvalue weighted by Crippen LogP contribution is -2.25. The SMILES string of the molecule is CCOc1ccc(CCNC(=O)CCc2ccccc2Cl)cc1OCC. The quantitative estimate of drug-likeness (QED) is 0.668. The van der Waals surface area contributed by atoms with E-state index in [-0.39, 0.29) is 5.91 Å². The molecule has 5 heteroatoms. The largest absolute Gasteiger partial charge is 0.490 e. The number of carbonyl (C=O) groups is 1. The Bertz CT molecular complexity index is 718. The number of halogens is 1. The van der Waals surface area contributed by atoms with Crippen LogP contribution in [-0.2, 0) is 17.6 Å². The molecule has 0 aliphatic carbocycles. The molecule has 26 heavy (non-hydrogen) atoms. The molecule has 0 heterocycles. The Morgan fingerprint density at radius 2 is 1.73 bits per heavy atom. The normalized spacial score (nSPS) is 10.4. The Morgan fingerprint density at radius 1 is 1.00 bits per heavy atom. The Kier molecular flexibility index (Phi) is 8.29. The van der Waals surface area contributed by atoms with Crippen LogP contribution in [0.25, 0.3) is 0 Å². The van der Waals surface area contributed by atoms with E-state index < -0.39 is 0 Å². The molecular weight excluding hydrogens is 350 g/mol. The number of amides is 1. The Morgan fingerprint density at radius 3 is 2.46 bits per heavy atom. The van der Waals surface area contributed by atoms with Gasteiger partial charge < -0.3 is 14.8 Å². The third-order valence-electron chi connectivity index (χ3n) is 3.92. The molecule has 2 aromatic rings. The summed E-state index contributed by atoms with van der Waals surface area (Å²) in [4.78, 5) is 12.0. The highest BCUT2D eigenvalue weighted by Crippen LogP contribution is 2.28. The average Bonchev–Trinajstić information content (AvgIpc) is 2.63. The van der Waals surface area contributed by atoms with E-state index in [1.807, 2.05) is 56.3 Å². The van der Waals surface area contributed by atoms with Crippen LogP contribution in [0, 0.1) is 0 Å². The van der Waals surface area contributed by atoms with E-state index in [0.717, 1.165) is 29.0 Å². The van der Waals surface area contributed by atoms with E-state index in [9.17, 15) is 4.79 Å². The standard InChI is InChI=1S/C21H26ClNO3/c1-3-25-19-11-9-16(15-20(19)26-4-2)13-14-23-21(24)12-10-17-7-5-6-8-18(17)22/h5-9,11,15H,3-4,10,12-14H2,1-2H3,(H,23,24). The van der Waals surface area contributed by atoms with Gasteiger partial charge in [-0.2, -0.15) is 0 Å². The number of ether oxygens (including phenoxy) is 2.